The third-order valence-electron chi connectivity index (χ3n) is 2.58. The first kappa shape index (κ1) is 19.1. The molecule has 0 bridgehead atoms. The zero-order chi connectivity index (χ0) is 16.1. The van der Waals surface area contributed by atoms with Gasteiger partial charge in [0.15, 0.2) is 0 Å². The van der Waals surface area contributed by atoms with E-state index in [0.717, 1.165) is 0 Å². The number of sulfone groups is 1. The maximum atomic E-state index is 12.2. The standard InChI is InChI=1S/C12H14Br3NO4S/c13-12(14,15)21(19,20)10-5-3-4-9(8-10)11(18)16-6-1-2-7-17/h3-5,8,17H,1-2,6-7H2,(H,16,18). The lowest BCUT2D eigenvalue weighted by molar-refractivity contribution is 0.0952. The van der Waals surface area contributed by atoms with Crippen molar-refractivity contribution in [2.45, 2.75) is 19.2 Å². The Morgan fingerprint density at radius 2 is 1.90 bits per heavy atom. The van der Waals surface area contributed by atoms with Crippen LogP contribution in [0, 0.1) is 0 Å². The first-order valence-corrected chi connectivity index (χ1v) is 9.87. The summed E-state index contributed by atoms with van der Waals surface area (Å²) in [4.78, 5) is 11.9. The largest absolute Gasteiger partial charge is 0.396 e. The van der Waals surface area contributed by atoms with E-state index in [2.05, 4.69) is 53.1 Å². The number of carbonyl (C=O) groups is 1. The molecule has 0 aliphatic rings. The number of benzene rings is 1. The smallest absolute Gasteiger partial charge is 0.251 e. The number of unbranched alkanes of at least 4 members (excludes halogenated alkanes) is 1. The van der Waals surface area contributed by atoms with Crippen LogP contribution in [0.1, 0.15) is 23.2 Å². The van der Waals surface area contributed by atoms with Gasteiger partial charge in [-0.25, -0.2) is 8.42 Å². The predicted molar refractivity (Wildman–Crippen MR) is 91.8 cm³/mol. The normalized spacial score (nSPS) is 12.2. The SMILES string of the molecule is O=C(NCCCCO)c1cccc(S(=O)(=O)C(Br)(Br)Br)c1. The second-order valence-corrected chi connectivity index (χ2v) is 14.6. The highest BCUT2D eigenvalue weighted by Gasteiger charge is 2.37. The van der Waals surface area contributed by atoms with Gasteiger partial charge < -0.3 is 10.4 Å². The van der Waals surface area contributed by atoms with Gasteiger partial charge in [0.1, 0.15) is 0 Å². The number of aliphatic hydroxyl groups is 1. The van der Waals surface area contributed by atoms with E-state index in [-0.39, 0.29) is 23.0 Å². The molecule has 0 aliphatic carbocycles. The first-order valence-electron chi connectivity index (χ1n) is 6.00. The molecule has 21 heavy (non-hydrogen) atoms. The molecule has 5 nitrogen and oxygen atoms in total. The monoisotopic (exact) mass is 505 g/mol. The number of aliphatic hydroxyl groups excluding tert-OH is 1. The Hall–Kier alpha value is 0.0400. The summed E-state index contributed by atoms with van der Waals surface area (Å²) in [6.07, 6.45) is 1.27. The van der Waals surface area contributed by atoms with E-state index in [1.165, 1.54) is 18.2 Å². The minimum Gasteiger partial charge on any atom is -0.396 e. The number of rotatable bonds is 6. The summed E-state index contributed by atoms with van der Waals surface area (Å²) in [6, 6.07) is 5.78. The highest BCUT2D eigenvalue weighted by molar-refractivity contribution is 9.42. The van der Waals surface area contributed by atoms with Crippen LogP contribution in [0.3, 0.4) is 0 Å². The molecule has 0 aromatic heterocycles. The molecule has 0 saturated heterocycles. The fourth-order valence-corrected chi connectivity index (χ4v) is 3.97. The van der Waals surface area contributed by atoms with Crippen LogP contribution in [0.25, 0.3) is 0 Å². The highest BCUT2D eigenvalue weighted by Crippen LogP contribution is 2.43. The third-order valence-corrected chi connectivity index (χ3v) is 7.90. The van der Waals surface area contributed by atoms with Crippen molar-refractivity contribution in [2.24, 2.45) is 0 Å². The molecular weight excluding hydrogens is 494 g/mol. The molecule has 0 unspecified atom stereocenters. The second kappa shape index (κ2) is 8.05. The minimum atomic E-state index is -3.72. The zero-order valence-electron chi connectivity index (χ0n) is 10.9. The van der Waals surface area contributed by atoms with Crippen molar-refractivity contribution in [1.82, 2.24) is 5.32 Å². The van der Waals surface area contributed by atoms with Gasteiger partial charge in [0, 0.05) is 18.7 Å². The van der Waals surface area contributed by atoms with Crippen LogP contribution in [0.2, 0.25) is 0 Å². The van der Waals surface area contributed by atoms with Crippen LogP contribution in [0.15, 0.2) is 29.2 Å². The van der Waals surface area contributed by atoms with Gasteiger partial charge in [-0.2, -0.15) is 0 Å². The molecule has 0 fully saturated rings. The van der Waals surface area contributed by atoms with Crippen molar-refractivity contribution < 1.29 is 18.3 Å². The molecule has 1 amide bonds. The van der Waals surface area contributed by atoms with Gasteiger partial charge in [-0.1, -0.05) is 6.07 Å². The maximum absolute atomic E-state index is 12.2. The lowest BCUT2D eigenvalue weighted by Gasteiger charge is -2.14. The van der Waals surface area contributed by atoms with Gasteiger partial charge in [0.25, 0.3) is 5.91 Å². The van der Waals surface area contributed by atoms with Crippen molar-refractivity contribution in [3.63, 3.8) is 0 Å². The highest BCUT2D eigenvalue weighted by atomic mass is 80.0. The Morgan fingerprint density at radius 1 is 1.24 bits per heavy atom. The Labute approximate surface area is 148 Å². The molecule has 9 heteroatoms. The Morgan fingerprint density at radius 3 is 2.48 bits per heavy atom. The van der Waals surface area contributed by atoms with Gasteiger partial charge >= 0.3 is 0 Å². The molecule has 1 rings (SSSR count). The van der Waals surface area contributed by atoms with Crippen molar-refractivity contribution in [3.05, 3.63) is 29.8 Å². The summed E-state index contributed by atoms with van der Waals surface area (Å²) in [7, 11) is -3.72. The molecule has 118 valence electrons. The van der Waals surface area contributed by atoms with Gasteiger partial charge in [0.05, 0.1) is 4.90 Å². The molecule has 0 spiro atoms. The van der Waals surface area contributed by atoms with Crippen LogP contribution >= 0.6 is 47.8 Å². The molecular formula is C12H14Br3NO4S. The van der Waals surface area contributed by atoms with Gasteiger partial charge in [0.2, 0.25) is 11.3 Å². The number of carbonyl (C=O) groups excluding carboxylic acids is 1. The molecule has 0 saturated carbocycles. The summed E-state index contributed by atoms with van der Waals surface area (Å²) < 4.78 is 23.0. The lowest BCUT2D eigenvalue weighted by Crippen LogP contribution is -2.25. The van der Waals surface area contributed by atoms with Gasteiger partial charge in [-0.15, -0.1) is 0 Å². The average Bonchev–Trinajstić information content (AvgIpc) is 2.42. The summed E-state index contributed by atoms with van der Waals surface area (Å²) in [6.45, 7) is 0.503. The van der Waals surface area contributed by atoms with E-state index < -0.39 is 11.3 Å². The van der Waals surface area contributed by atoms with Crippen molar-refractivity contribution >= 4 is 63.5 Å². The average molecular weight is 508 g/mol. The third kappa shape index (κ3) is 5.31. The second-order valence-electron chi connectivity index (χ2n) is 4.16. The number of alkyl halides is 3. The van der Waals surface area contributed by atoms with Crippen LogP contribution < -0.4 is 5.32 Å². The molecule has 0 atom stereocenters. The summed E-state index contributed by atoms with van der Waals surface area (Å²) in [5.74, 6) is -0.352. The summed E-state index contributed by atoms with van der Waals surface area (Å²) >= 11 is 8.94. The fraction of sp³-hybridized carbons (Fsp3) is 0.417. The van der Waals surface area contributed by atoms with E-state index in [1.807, 2.05) is 0 Å². The predicted octanol–water partition coefficient (Wildman–Crippen LogP) is 2.76. The van der Waals surface area contributed by atoms with Crippen molar-refractivity contribution in [2.75, 3.05) is 13.2 Å². The molecule has 2 N–H and O–H groups in total. The topological polar surface area (TPSA) is 83.5 Å². The number of hydrogen-bond donors (Lipinski definition) is 2. The van der Waals surface area contributed by atoms with Crippen LogP contribution in [0.5, 0.6) is 0 Å². The maximum Gasteiger partial charge on any atom is 0.251 e. The van der Waals surface area contributed by atoms with Crippen LogP contribution in [-0.4, -0.2) is 34.1 Å². The molecule has 0 heterocycles. The molecule has 0 aliphatic heterocycles. The van der Waals surface area contributed by atoms with Crippen molar-refractivity contribution in [1.29, 1.82) is 0 Å². The quantitative estimate of drug-likeness (QED) is 0.458. The Kier molecular flexibility index (Phi) is 7.32. The summed E-state index contributed by atoms with van der Waals surface area (Å²) in [5.41, 5.74) is 0.261. The van der Waals surface area contributed by atoms with Crippen LogP contribution in [-0.2, 0) is 9.84 Å². The van der Waals surface area contributed by atoms with Gasteiger partial charge in [-0.05, 0) is 78.8 Å². The molecule has 0 radical (unpaired) electrons. The lowest BCUT2D eigenvalue weighted by atomic mass is 10.2. The van der Waals surface area contributed by atoms with E-state index >= 15 is 0 Å². The number of hydrogen-bond acceptors (Lipinski definition) is 4. The summed E-state index contributed by atoms with van der Waals surface area (Å²) in [5, 5.41) is 11.3. The first-order chi connectivity index (χ1) is 9.70. The Balaban J connectivity index is 2.89. The van der Waals surface area contributed by atoms with E-state index in [9.17, 15) is 13.2 Å². The fourth-order valence-electron chi connectivity index (χ4n) is 1.48. The number of halogens is 3. The van der Waals surface area contributed by atoms with Crippen LogP contribution in [0.4, 0.5) is 0 Å². The number of amides is 1. The number of nitrogens with one attached hydrogen (secondary N) is 1. The van der Waals surface area contributed by atoms with Crippen molar-refractivity contribution in [3.8, 4) is 0 Å². The zero-order valence-corrected chi connectivity index (χ0v) is 16.4. The minimum absolute atomic E-state index is 0.0103. The Bertz CT molecular complexity index is 599. The van der Waals surface area contributed by atoms with Gasteiger partial charge in [-0.3, -0.25) is 4.79 Å². The van der Waals surface area contributed by atoms with E-state index in [1.54, 1.807) is 6.07 Å². The van der Waals surface area contributed by atoms with E-state index in [0.29, 0.717) is 19.4 Å². The van der Waals surface area contributed by atoms with E-state index in [4.69, 9.17) is 5.11 Å². The molecule has 1 aromatic carbocycles. The molecule has 1 aromatic rings.